The largest absolute Gasteiger partial charge is 0.396 e. The van der Waals surface area contributed by atoms with E-state index in [9.17, 15) is 0 Å². The van der Waals surface area contributed by atoms with Crippen LogP contribution in [0.5, 0.6) is 0 Å². The van der Waals surface area contributed by atoms with Crippen LogP contribution < -0.4 is 5.32 Å². The molecule has 0 saturated heterocycles. The van der Waals surface area contributed by atoms with Gasteiger partial charge in [0.15, 0.2) is 5.65 Å². The second-order valence-corrected chi connectivity index (χ2v) is 4.34. The number of hydrogen-bond donors (Lipinski definition) is 2. The molecular formula is C12H18N4O. The zero-order valence-corrected chi connectivity index (χ0v) is 10.2. The van der Waals surface area contributed by atoms with Crippen molar-refractivity contribution in [3.63, 3.8) is 0 Å². The van der Waals surface area contributed by atoms with E-state index < -0.39 is 0 Å². The quantitative estimate of drug-likeness (QED) is 0.807. The van der Waals surface area contributed by atoms with Crippen molar-refractivity contribution < 1.29 is 5.11 Å². The van der Waals surface area contributed by atoms with Crippen LogP contribution in [-0.2, 0) is 6.54 Å². The van der Waals surface area contributed by atoms with Crippen LogP contribution in [0.4, 0.5) is 0 Å². The molecule has 17 heavy (non-hydrogen) atoms. The number of aliphatic hydroxyl groups is 1. The van der Waals surface area contributed by atoms with Crippen molar-refractivity contribution >= 4 is 5.65 Å². The first-order valence-corrected chi connectivity index (χ1v) is 5.84. The molecule has 5 heteroatoms. The summed E-state index contributed by atoms with van der Waals surface area (Å²) in [6, 6.07) is 2.25. The maximum absolute atomic E-state index is 8.81. The third-order valence-corrected chi connectivity index (χ3v) is 2.71. The molecule has 2 aromatic rings. The predicted molar refractivity (Wildman–Crippen MR) is 65.7 cm³/mol. The van der Waals surface area contributed by atoms with E-state index in [0.717, 1.165) is 29.9 Å². The first-order valence-electron chi connectivity index (χ1n) is 5.84. The fraction of sp³-hybridized carbons (Fsp3) is 0.500. The Kier molecular flexibility index (Phi) is 3.71. The van der Waals surface area contributed by atoms with Gasteiger partial charge in [-0.25, -0.2) is 9.50 Å². The van der Waals surface area contributed by atoms with Gasteiger partial charge in [-0.05, 0) is 20.3 Å². The zero-order chi connectivity index (χ0) is 12.3. The Balaban J connectivity index is 2.03. The monoisotopic (exact) mass is 234 g/mol. The number of aromatic nitrogens is 3. The second-order valence-electron chi connectivity index (χ2n) is 4.34. The number of nitrogens with one attached hydrogen (secondary N) is 1. The summed E-state index contributed by atoms with van der Waals surface area (Å²) in [5.74, 6) is 0. The lowest BCUT2D eigenvalue weighted by atomic mass is 10.2. The number of nitrogens with zero attached hydrogens (tertiary/aromatic N) is 3. The predicted octanol–water partition coefficient (Wildman–Crippen LogP) is 0.898. The third-order valence-electron chi connectivity index (χ3n) is 2.71. The highest BCUT2D eigenvalue weighted by molar-refractivity contribution is 5.38. The molecule has 2 N–H and O–H groups in total. The number of aliphatic hydroxyl groups excluding tert-OH is 1. The van der Waals surface area contributed by atoms with Crippen LogP contribution in [0, 0.1) is 6.92 Å². The molecule has 0 aliphatic rings. The van der Waals surface area contributed by atoms with Gasteiger partial charge in [-0.1, -0.05) is 0 Å². The van der Waals surface area contributed by atoms with Crippen molar-refractivity contribution in [1.29, 1.82) is 0 Å². The molecule has 5 nitrogen and oxygen atoms in total. The molecule has 2 heterocycles. The number of fused-ring (bicyclic) bond motifs is 1. The summed E-state index contributed by atoms with van der Waals surface area (Å²) in [6.45, 7) is 4.96. The van der Waals surface area contributed by atoms with Crippen LogP contribution in [-0.4, -0.2) is 32.4 Å². The van der Waals surface area contributed by atoms with Gasteiger partial charge in [-0.2, -0.15) is 5.10 Å². The Morgan fingerprint density at radius 1 is 1.53 bits per heavy atom. The summed E-state index contributed by atoms with van der Waals surface area (Å²) >= 11 is 0. The van der Waals surface area contributed by atoms with Gasteiger partial charge in [0.1, 0.15) is 0 Å². The van der Waals surface area contributed by atoms with Gasteiger partial charge in [0.05, 0.1) is 5.69 Å². The standard InChI is InChI=1S/C12H18N4O/c1-9(3-4-17)13-6-11-7-14-12-5-10(2)15-16(12)8-11/h5,7-9,13,17H,3-4,6H2,1-2H3. The molecule has 0 spiro atoms. The maximum atomic E-state index is 8.81. The summed E-state index contributed by atoms with van der Waals surface area (Å²) in [6.07, 6.45) is 4.60. The van der Waals surface area contributed by atoms with Crippen LogP contribution in [0.1, 0.15) is 24.6 Å². The van der Waals surface area contributed by atoms with E-state index in [1.165, 1.54) is 0 Å². The summed E-state index contributed by atoms with van der Waals surface area (Å²) in [5.41, 5.74) is 2.93. The third kappa shape index (κ3) is 3.01. The Morgan fingerprint density at radius 2 is 2.35 bits per heavy atom. The average Bonchev–Trinajstić information content (AvgIpc) is 2.66. The molecule has 1 atom stereocenters. The van der Waals surface area contributed by atoms with E-state index in [1.807, 2.05) is 25.4 Å². The van der Waals surface area contributed by atoms with Gasteiger partial charge in [-0.3, -0.25) is 0 Å². The van der Waals surface area contributed by atoms with Crippen molar-refractivity contribution in [2.24, 2.45) is 0 Å². The van der Waals surface area contributed by atoms with Gasteiger partial charge < -0.3 is 10.4 Å². The summed E-state index contributed by atoms with van der Waals surface area (Å²) < 4.78 is 1.79. The van der Waals surface area contributed by atoms with E-state index >= 15 is 0 Å². The van der Waals surface area contributed by atoms with Gasteiger partial charge in [0, 0.05) is 43.2 Å². The first-order chi connectivity index (χ1) is 8.19. The van der Waals surface area contributed by atoms with Crippen molar-refractivity contribution in [2.75, 3.05) is 6.61 Å². The van der Waals surface area contributed by atoms with Crippen molar-refractivity contribution in [2.45, 2.75) is 32.9 Å². The number of aryl methyl sites for hydroxylation is 1. The van der Waals surface area contributed by atoms with E-state index in [0.29, 0.717) is 6.04 Å². The minimum Gasteiger partial charge on any atom is -0.396 e. The van der Waals surface area contributed by atoms with Crippen LogP contribution >= 0.6 is 0 Å². The molecule has 0 fully saturated rings. The molecule has 0 saturated carbocycles. The van der Waals surface area contributed by atoms with E-state index in [4.69, 9.17) is 5.11 Å². The molecule has 0 radical (unpaired) electrons. The molecule has 0 aliphatic heterocycles. The highest BCUT2D eigenvalue weighted by atomic mass is 16.3. The SMILES string of the molecule is Cc1cc2ncc(CNC(C)CCO)cn2n1. The molecule has 1 unspecified atom stereocenters. The Hall–Kier alpha value is -1.46. The topological polar surface area (TPSA) is 62.5 Å². The molecule has 92 valence electrons. The smallest absolute Gasteiger partial charge is 0.155 e. The summed E-state index contributed by atoms with van der Waals surface area (Å²) in [4.78, 5) is 4.34. The molecule has 0 aliphatic carbocycles. The minimum atomic E-state index is 0.212. The van der Waals surface area contributed by atoms with Gasteiger partial charge in [0.25, 0.3) is 0 Å². The molecule has 2 rings (SSSR count). The van der Waals surface area contributed by atoms with E-state index in [-0.39, 0.29) is 6.61 Å². The fourth-order valence-corrected chi connectivity index (χ4v) is 1.71. The Bertz CT molecular complexity index is 494. The van der Waals surface area contributed by atoms with Crippen molar-refractivity contribution in [3.05, 3.63) is 29.7 Å². The lowest BCUT2D eigenvalue weighted by Crippen LogP contribution is -2.26. The van der Waals surface area contributed by atoms with E-state index in [2.05, 4.69) is 22.3 Å². The molecular weight excluding hydrogens is 216 g/mol. The van der Waals surface area contributed by atoms with Crippen molar-refractivity contribution in [3.8, 4) is 0 Å². The lowest BCUT2D eigenvalue weighted by Gasteiger charge is -2.11. The maximum Gasteiger partial charge on any atom is 0.155 e. The Morgan fingerprint density at radius 3 is 3.12 bits per heavy atom. The number of hydrogen-bond acceptors (Lipinski definition) is 4. The van der Waals surface area contributed by atoms with Crippen molar-refractivity contribution in [1.82, 2.24) is 19.9 Å². The highest BCUT2D eigenvalue weighted by Crippen LogP contribution is 2.05. The molecule has 0 bridgehead atoms. The molecule has 2 aromatic heterocycles. The number of rotatable bonds is 5. The lowest BCUT2D eigenvalue weighted by molar-refractivity contribution is 0.268. The fourth-order valence-electron chi connectivity index (χ4n) is 1.71. The summed E-state index contributed by atoms with van der Waals surface area (Å²) in [7, 11) is 0. The second kappa shape index (κ2) is 5.25. The summed E-state index contributed by atoms with van der Waals surface area (Å²) in [5, 5.41) is 16.5. The van der Waals surface area contributed by atoms with Crippen LogP contribution in [0.3, 0.4) is 0 Å². The van der Waals surface area contributed by atoms with Crippen LogP contribution in [0.2, 0.25) is 0 Å². The molecule has 0 aromatic carbocycles. The van der Waals surface area contributed by atoms with E-state index in [1.54, 1.807) is 4.52 Å². The van der Waals surface area contributed by atoms with Crippen LogP contribution in [0.25, 0.3) is 5.65 Å². The highest BCUT2D eigenvalue weighted by Gasteiger charge is 2.03. The normalized spacial score (nSPS) is 13.1. The Labute approximate surface area is 100 Å². The van der Waals surface area contributed by atoms with Gasteiger partial charge in [0.2, 0.25) is 0 Å². The first kappa shape index (κ1) is 12.0. The van der Waals surface area contributed by atoms with Gasteiger partial charge in [-0.15, -0.1) is 0 Å². The zero-order valence-electron chi connectivity index (χ0n) is 10.2. The minimum absolute atomic E-state index is 0.212. The molecule has 0 amide bonds. The van der Waals surface area contributed by atoms with Gasteiger partial charge >= 0.3 is 0 Å². The average molecular weight is 234 g/mol. The van der Waals surface area contributed by atoms with Crippen LogP contribution in [0.15, 0.2) is 18.5 Å².